The fourth-order valence-corrected chi connectivity index (χ4v) is 1.93. The minimum Gasteiger partial charge on any atom is -0.399 e. The van der Waals surface area contributed by atoms with E-state index in [0.29, 0.717) is 16.3 Å². The third-order valence-electron chi connectivity index (χ3n) is 2.93. The van der Waals surface area contributed by atoms with E-state index in [4.69, 9.17) is 11.6 Å². The molecular weight excluding hydrogens is 288 g/mol. The number of amides is 1. The van der Waals surface area contributed by atoms with Crippen LogP contribution in [-0.4, -0.2) is 19.2 Å². The summed E-state index contributed by atoms with van der Waals surface area (Å²) in [6, 6.07) is 12.4. The molecule has 0 spiro atoms. The fraction of sp³-hybridized carbons (Fsp3) is 0.125. The van der Waals surface area contributed by atoms with Crippen molar-refractivity contribution >= 4 is 29.4 Å². The predicted molar refractivity (Wildman–Crippen MR) is 85.2 cm³/mol. The van der Waals surface area contributed by atoms with Crippen LogP contribution in [0.25, 0.3) is 0 Å². The highest BCUT2D eigenvalue weighted by Gasteiger charge is 2.08. The minimum atomic E-state index is -0.185. The van der Waals surface area contributed by atoms with Crippen LogP contribution in [0.4, 0.5) is 5.69 Å². The molecule has 0 saturated heterocycles. The molecule has 0 aromatic heterocycles. The van der Waals surface area contributed by atoms with Gasteiger partial charge in [-0.1, -0.05) is 35.0 Å². The van der Waals surface area contributed by atoms with Crippen molar-refractivity contribution in [2.24, 2.45) is 5.16 Å². The molecule has 5 heteroatoms. The number of hydrogen-bond donors (Lipinski definition) is 1. The Bertz CT molecular complexity index is 666. The summed E-state index contributed by atoms with van der Waals surface area (Å²) < 4.78 is 0. The van der Waals surface area contributed by atoms with Gasteiger partial charge in [-0.05, 0) is 42.3 Å². The molecule has 4 nitrogen and oxygen atoms in total. The number of carbonyl (C=O) groups is 1. The maximum Gasteiger partial charge on any atom is 0.255 e. The molecule has 0 radical (unpaired) electrons. The largest absolute Gasteiger partial charge is 0.399 e. The van der Waals surface area contributed by atoms with Crippen LogP contribution < -0.4 is 5.32 Å². The molecule has 0 atom stereocenters. The number of nitrogens with one attached hydrogen (secondary N) is 1. The van der Waals surface area contributed by atoms with E-state index < -0.39 is 0 Å². The molecule has 2 rings (SSSR count). The summed E-state index contributed by atoms with van der Waals surface area (Å²) in [4.78, 5) is 16.8. The van der Waals surface area contributed by atoms with E-state index in [1.165, 1.54) is 7.11 Å². The molecule has 2 aromatic rings. The van der Waals surface area contributed by atoms with Crippen molar-refractivity contribution in [2.75, 3.05) is 12.4 Å². The van der Waals surface area contributed by atoms with Gasteiger partial charge < -0.3 is 10.2 Å². The summed E-state index contributed by atoms with van der Waals surface area (Å²) in [6.07, 6.45) is 1.57. The van der Waals surface area contributed by atoms with Gasteiger partial charge >= 0.3 is 0 Å². The average Bonchev–Trinajstić information content (AvgIpc) is 2.49. The molecule has 0 aliphatic rings. The number of benzene rings is 2. The molecular formula is C16H15ClN2O2. The van der Waals surface area contributed by atoms with Crippen LogP contribution in [0, 0.1) is 6.92 Å². The smallest absolute Gasteiger partial charge is 0.255 e. The van der Waals surface area contributed by atoms with E-state index in [-0.39, 0.29) is 5.91 Å². The first kappa shape index (κ1) is 15.1. The zero-order valence-electron chi connectivity index (χ0n) is 11.8. The summed E-state index contributed by atoms with van der Waals surface area (Å²) >= 11 is 5.94. The quantitative estimate of drug-likeness (QED) is 0.688. The summed E-state index contributed by atoms with van der Waals surface area (Å²) in [5, 5.41) is 7.10. The van der Waals surface area contributed by atoms with Crippen LogP contribution in [0.15, 0.2) is 47.6 Å². The highest BCUT2D eigenvalue weighted by atomic mass is 35.5. The predicted octanol–water partition coefficient (Wildman–Crippen LogP) is 3.88. The molecule has 0 aliphatic heterocycles. The molecule has 1 amide bonds. The Morgan fingerprint density at radius 2 is 1.95 bits per heavy atom. The van der Waals surface area contributed by atoms with Gasteiger partial charge in [-0.15, -0.1) is 0 Å². The van der Waals surface area contributed by atoms with Crippen LogP contribution in [0.2, 0.25) is 5.02 Å². The zero-order chi connectivity index (χ0) is 15.2. The van der Waals surface area contributed by atoms with Gasteiger partial charge in [0.1, 0.15) is 7.11 Å². The Hall–Kier alpha value is -2.33. The first-order valence-electron chi connectivity index (χ1n) is 6.34. The van der Waals surface area contributed by atoms with Gasteiger partial charge in [0.05, 0.1) is 6.21 Å². The van der Waals surface area contributed by atoms with Crippen LogP contribution in [0.5, 0.6) is 0 Å². The summed E-state index contributed by atoms with van der Waals surface area (Å²) in [6.45, 7) is 1.91. The number of anilines is 1. The van der Waals surface area contributed by atoms with Crippen molar-refractivity contribution < 1.29 is 9.63 Å². The lowest BCUT2D eigenvalue weighted by Crippen LogP contribution is -2.12. The topological polar surface area (TPSA) is 50.7 Å². The average molecular weight is 303 g/mol. The van der Waals surface area contributed by atoms with E-state index in [2.05, 4.69) is 15.3 Å². The van der Waals surface area contributed by atoms with Gasteiger partial charge in [0, 0.05) is 16.3 Å². The van der Waals surface area contributed by atoms with E-state index in [0.717, 1.165) is 11.1 Å². The standard InChI is InChI=1S/C16H15ClN2O2/c1-11-3-8-14(17)9-15(11)19-16(20)13-6-4-12(5-7-13)10-18-21-2/h3-10H,1-2H3,(H,19,20)/b18-10+. The lowest BCUT2D eigenvalue weighted by Gasteiger charge is -2.09. The number of aryl methyl sites for hydroxylation is 1. The van der Waals surface area contributed by atoms with E-state index in [1.807, 2.05) is 13.0 Å². The highest BCUT2D eigenvalue weighted by Crippen LogP contribution is 2.20. The maximum absolute atomic E-state index is 12.2. The Labute approximate surface area is 128 Å². The summed E-state index contributed by atoms with van der Waals surface area (Å²) in [7, 11) is 1.48. The summed E-state index contributed by atoms with van der Waals surface area (Å²) in [5.74, 6) is -0.185. The van der Waals surface area contributed by atoms with Gasteiger partial charge in [0.25, 0.3) is 5.91 Å². The number of oxime groups is 1. The van der Waals surface area contributed by atoms with Crippen molar-refractivity contribution in [1.29, 1.82) is 0 Å². The Balaban J connectivity index is 2.13. The van der Waals surface area contributed by atoms with E-state index in [9.17, 15) is 4.79 Å². The lowest BCUT2D eigenvalue weighted by molar-refractivity contribution is 0.102. The number of nitrogens with zero attached hydrogens (tertiary/aromatic N) is 1. The first-order valence-corrected chi connectivity index (χ1v) is 6.72. The second-order valence-corrected chi connectivity index (χ2v) is 4.89. The van der Waals surface area contributed by atoms with Crippen molar-refractivity contribution in [3.8, 4) is 0 Å². The molecule has 0 unspecified atom stereocenters. The zero-order valence-corrected chi connectivity index (χ0v) is 12.5. The van der Waals surface area contributed by atoms with Gasteiger partial charge in [0.15, 0.2) is 0 Å². The molecule has 0 heterocycles. The molecule has 0 aliphatic carbocycles. The van der Waals surface area contributed by atoms with Crippen LogP contribution in [0.3, 0.4) is 0 Å². The number of carbonyl (C=O) groups excluding carboxylic acids is 1. The minimum absolute atomic E-state index is 0.185. The van der Waals surface area contributed by atoms with E-state index in [1.54, 1.807) is 42.6 Å². The third kappa shape index (κ3) is 4.07. The van der Waals surface area contributed by atoms with Gasteiger partial charge in [-0.3, -0.25) is 4.79 Å². The molecule has 0 bridgehead atoms. The third-order valence-corrected chi connectivity index (χ3v) is 3.16. The Morgan fingerprint density at radius 1 is 1.24 bits per heavy atom. The normalized spacial score (nSPS) is 10.6. The van der Waals surface area contributed by atoms with Crippen molar-refractivity contribution in [3.05, 3.63) is 64.2 Å². The summed E-state index contributed by atoms with van der Waals surface area (Å²) in [5.41, 5.74) is 3.07. The molecule has 2 aromatic carbocycles. The van der Waals surface area contributed by atoms with E-state index >= 15 is 0 Å². The van der Waals surface area contributed by atoms with Crippen LogP contribution >= 0.6 is 11.6 Å². The van der Waals surface area contributed by atoms with Crippen molar-refractivity contribution in [2.45, 2.75) is 6.92 Å². The monoisotopic (exact) mass is 302 g/mol. The number of halogens is 1. The Kier molecular flexibility index (Phi) is 4.95. The Morgan fingerprint density at radius 3 is 2.62 bits per heavy atom. The SMILES string of the molecule is CO/N=C/c1ccc(C(=O)Nc2cc(Cl)ccc2C)cc1. The molecule has 0 fully saturated rings. The highest BCUT2D eigenvalue weighted by molar-refractivity contribution is 6.31. The molecule has 108 valence electrons. The second kappa shape index (κ2) is 6.90. The van der Waals surface area contributed by atoms with Gasteiger partial charge in [0.2, 0.25) is 0 Å². The molecule has 0 saturated carbocycles. The van der Waals surface area contributed by atoms with Crippen molar-refractivity contribution in [1.82, 2.24) is 0 Å². The van der Waals surface area contributed by atoms with Gasteiger partial charge in [-0.2, -0.15) is 0 Å². The number of hydrogen-bond acceptors (Lipinski definition) is 3. The first-order chi connectivity index (χ1) is 10.1. The van der Waals surface area contributed by atoms with Crippen LogP contribution in [-0.2, 0) is 4.84 Å². The van der Waals surface area contributed by atoms with Gasteiger partial charge in [-0.25, -0.2) is 0 Å². The van der Waals surface area contributed by atoms with Crippen LogP contribution in [0.1, 0.15) is 21.5 Å². The fourth-order valence-electron chi connectivity index (χ4n) is 1.76. The molecule has 21 heavy (non-hydrogen) atoms. The maximum atomic E-state index is 12.2. The lowest BCUT2D eigenvalue weighted by atomic mass is 10.1. The second-order valence-electron chi connectivity index (χ2n) is 4.45. The number of rotatable bonds is 4. The van der Waals surface area contributed by atoms with Crippen molar-refractivity contribution in [3.63, 3.8) is 0 Å². The molecule has 1 N–H and O–H groups in total.